The fourth-order valence-corrected chi connectivity index (χ4v) is 4.01. The number of hydrogen-bond donors (Lipinski definition) is 3. The molecule has 4 nitrogen and oxygen atoms in total. The molecule has 1 aliphatic carbocycles. The summed E-state index contributed by atoms with van der Waals surface area (Å²) in [6, 6.07) is 0. The molecule has 4 heteroatoms. The molecule has 1 fully saturated rings. The number of carboxylic acids is 1. The van der Waals surface area contributed by atoms with Gasteiger partial charge in [-0.2, -0.15) is 0 Å². The maximum Gasteiger partial charge on any atom is 0.303 e. The molecule has 0 aliphatic heterocycles. The van der Waals surface area contributed by atoms with Crippen LogP contribution in [0.25, 0.3) is 0 Å². The first-order chi connectivity index (χ1) is 12.0. The number of unbranched alkanes of at least 4 members (excludes halogenated alkanes) is 5. The van der Waals surface area contributed by atoms with E-state index in [1.165, 1.54) is 24.8 Å². The molecule has 146 valence electrons. The van der Waals surface area contributed by atoms with Crippen LogP contribution in [0.2, 0.25) is 0 Å². The number of rotatable bonds is 13. The molecule has 3 N–H and O–H groups in total. The number of carbonyl (C=O) groups is 1. The maximum absolute atomic E-state index is 10.5. The molecular formula is C21H38O4. The summed E-state index contributed by atoms with van der Waals surface area (Å²) in [6.07, 6.45) is 12.5. The lowest BCUT2D eigenvalue weighted by Gasteiger charge is -2.22. The number of aliphatic carboxylic acids is 1. The van der Waals surface area contributed by atoms with E-state index in [9.17, 15) is 15.0 Å². The summed E-state index contributed by atoms with van der Waals surface area (Å²) >= 11 is 0. The largest absolute Gasteiger partial charge is 0.481 e. The minimum Gasteiger partial charge on any atom is -0.481 e. The highest BCUT2D eigenvalue weighted by Crippen LogP contribution is 2.38. The Hall–Kier alpha value is -0.870. The molecule has 25 heavy (non-hydrogen) atoms. The van der Waals surface area contributed by atoms with Gasteiger partial charge in [-0.25, -0.2) is 0 Å². The van der Waals surface area contributed by atoms with Gasteiger partial charge < -0.3 is 15.3 Å². The minimum atomic E-state index is -0.726. The van der Waals surface area contributed by atoms with Gasteiger partial charge in [0.15, 0.2) is 0 Å². The fraction of sp³-hybridized carbons (Fsp3) is 0.857. The zero-order valence-electron chi connectivity index (χ0n) is 16.1. The van der Waals surface area contributed by atoms with Gasteiger partial charge in [-0.15, -0.1) is 0 Å². The average molecular weight is 355 g/mol. The second kappa shape index (κ2) is 12.5. The van der Waals surface area contributed by atoms with Crippen LogP contribution in [0.4, 0.5) is 0 Å². The van der Waals surface area contributed by atoms with Crippen LogP contribution in [-0.2, 0) is 4.79 Å². The first-order valence-corrected chi connectivity index (χ1v) is 10.2. The van der Waals surface area contributed by atoms with Crippen molar-refractivity contribution in [2.45, 2.75) is 103 Å². The molecule has 0 spiro atoms. The summed E-state index contributed by atoms with van der Waals surface area (Å²) in [4.78, 5) is 10.5. The maximum atomic E-state index is 10.5. The van der Waals surface area contributed by atoms with Crippen molar-refractivity contribution >= 4 is 5.97 Å². The number of hydrogen-bond acceptors (Lipinski definition) is 3. The number of aliphatic hydroxyl groups is 2. The van der Waals surface area contributed by atoms with E-state index in [1.54, 1.807) is 0 Å². The summed E-state index contributed by atoms with van der Waals surface area (Å²) in [5.41, 5.74) is 1.40. The van der Waals surface area contributed by atoms with Gasteiger partial charge in [0, 0.05) is 6.42 Å². The zero-order chi connectivity index (χ0) is 18.7. The Bertz CT molecular complexity index is 405. The molecule has 1 rings (SSSR count). The summed E-state index contributed by atoms with van der Waals surface area (Å²) in [7, 11) is 0. The van der Waals surface area contributed by atoms with E-state index in [4.69, 9.17) is 5.11 Å². The normalized spacial score (nSPS) is 27.0. The molecule has 4 atom stereocenters. The van der Waals surface area contributed by atoms with Crippen molar-refractivity contribution in [2.75, 3.05) is 0 Å². The Morgan fingerprint density at radius 3 is 2.28 bits per heavy atom. The van der Waals surface area contributed by atoms with Crippen molar-refractivity contribution < 1.29 is 20.1 Å². The second-order valence-corrected chi connectivity index (χ2v) is 7.79. The Balaban J connectivity index is 2.37. The van der Waals surface area contributed by atoms with Crippen LogP contribution >= 0.6 is 0 Å². The Morgan fingerprint density at radius 2 is 1.60 bits per heavy atom. The van der Waals surface area contributed by atoms with E-state index in [0.29, 0.717) is 6.42 Å². The minimum absolute atomic E-state index is 0.162. The van der Waals surface area contributed by atoms with Crippen LogP contribution in [0.1, 0.15) is 90.9 Å². The molecule has 0 heterocycles. The molecule has 0 aromatic heterocycles. The summed E-state index contributed by atoms with van der Waals surface area (Å²) in [5.74, 6) is -0.389. The fourth-order valence-electron chi connectivity index (χ4n) is 4.01. The Kier molecular flexibility index (Phi) is 11.1. The lowest BCUT2D eigenvalue weighted by molar-refractivity contribution is -0.137. The highest BCUT2D eigenvalue weighted by molar-refractivity contribution is 5.66. The van der Waals surface area contributed by atoms with Crippen molar-refractivity contribution in [1.29, 1.82) is 0 Å². The van der Waals surface area contributed by atoms with Crippen molar-refractivity contribution in [1.82, 2.24) is 0 Å². The van der Waals surface area contributed by atoms with Crippen LogP contribution in [0.5, 0.6) is 0 Å². The second-order valence-electron chi connectivity index (χ2n) is 7.79. The smallest absolute Gasteiger partial charge is 0.303 e. The van der Waals surface area contributed by atoms with Gasteiger partial charge in [0.05, 0.1) is 12.2 Å². The van der Waals surface area contributed by atoms with E-state index in [0.717, 1.165) is 44.9 Å². The summed E-state index contributed by atoms with van der Waals surface area (Å²) in [6.45, 7) is 4.38. The van der Waals surface area contributed by atoms with Crippen molar-refractivity contribution in [3.05, 3.63) is 11.6 Å². The van der Waals surface area contributed by atoms with E-state index in [2.05, 4.69) is 19.9 Å². The predicted molar refractivity (Wildman–Crippen MR) is 101 cm³/mol. The third kappa shape index (κ3) is 8.87. The van der Waals surface area contributed by atoms with Gasteiger partial charge in [0.1, 0.15) is 0 Å². The molecule has 0 radical (unpaired) electrons. The highest BCUT2D eigenvalue weighted by atomic mass is 16.4. The zero-order valence-corrected chi connectivity index (χ0v) is 16.1. The third-order valence-corrected chi connectivity index (χ3v) is 5.61. The molecule has 0 amide bonds. The Labute approximate surface area is 153 Å². The molecule has 1 aliphatic rings. The summed E-state index contributed by atoms with van der Waals surface area (Å²) in [5, 5.41) is 29.2. The standard InChI is InChI=1S/C21H38O4/c1-3-4-7-10-16(2)13-14-18-17(19(22)15-20(18)23)11-8-5-6-9-12-21(24)25/h13,17-20,22-23H,3-12,14-15H2,1-2H3,(H,24,25)/t17-,18-,19+,20-/m1/s1. The monoisotopic (exact) mass is 354 g/mol. The van der Waals surface area contributed by atoms with E-state index < -0.39 is 18.2 Å². The first-order valence-electron chi connectivity index (χ1n) is 10.2. The van der Waals surface area contributed by atoms with E-state index in [-0.39, 0.29) is 18.3 Å². The van der Waals surface area contributed by atoms with Gasteiger partial charge in [-0.05, 0) is 57.3 Å². The SMILES string of the molecule is CCCCCC(C)=CC[C@@H]1[C@@H](CCCCCCC(=O)O)[C@@H](O)C[C@H]1O. The third-order valence-electron chi connectivity index (χ3n) is 5.61. The van der Waals surface area contributed by atoms with Crippen LogP contribution in [0.15, 0.2) is 11.6 Å². The number of aliphatic hydroxyl groups excluding tert-OH is 2. The Morgan fingerprint density at radius 1 is 0.960 bits per heavy atom. The van der Waals surface area contributed by atoms with Crippen molar-refractivity contribution in [3.8, 4) is 0 Å². The number of allylic oxidation sites excluding steroid dienone is 2. The summed E-state index contributed by atoms with van der Waals surface area (Å²) < 4.78 is 0. The molecule has 0 saturated heterocycles. The lowest BCUT2D eigenvalue weighted by Crippen LogP contribution is -2.21. The van der Waals surface area contributed by atoms with Crippen molar-refractivity contribution in [3.63, 3.8) is 0 Å². The van der Waals surface area contributed by atoms with Crippen LogP contribution in [0, 0.1) is 11.8 Å². The van der Waals surface area contributed by atoms with Crippen molar-refractivity contribution in [2.24, 2.45) is 11.8 Å². The lowest BCUT2D eigenvalue weighted by atomic mass is 9.85. The molecular weight excluding hydrogens is 316 g/mol. The van der Waals surface area contributed by atoms with E-state index >= 15 is 0 Å². The predicted octanol–water partition coefficient (Wildman–Crippen LogP) is 4.69. The topological polar surface area (TPSA) is 77.8 Å². The van der Waals surface area contributed by atoms with E-state index in [1.807, 2.05) is 0 Å². The quantitative estimate of drug-likeness (QED) is 0.331. The average Bonchev–Trinajstić information content (AvgIpc) is 2.82. The van der Waals surface area contributed by atoms with Gasteiger partial charge in [0.25, 0.3) is 0 Å². The van der Waals surface area contributed by atoms with Gasteiger partial charge in [-0.3, -0.25) is 4.79 Å². The highest BCUT2D eigenvalue weighted by Gasteiger charge is 2.40. The first kappa shape index (κ1) is 22.2. The molecule has 0 aromatic rings. The van der Waals surface area contributed by atoms with Gasteiger partial charge >= 0.3 is 5.97 Å². The molecule has 0 unspecified atom stereocenters. The van der Waals surface area contributed by atoms with Crippen LogP contribution < -0.4 is 0 Å². The van der Waals surface area contributed by atoms with Gasteiger partial charge in [-0.1, -0.05) is 50.7 Å². The van der Waals surface area contributed by atoms with Crippen LogP contribution in [-0.4, -0.2) is 33.5 Å². The molecule has 0 aromatic carbocycles. The van der Waals surface area contributed by atoms with Gasteiger partial charge in [0.2, 0.25) is 0 Å². The van der Waals surface area contributed by atoms with Crippen LogP contribution in [0.3, 0.4) is 0 Å². The molecule has 0 bridgehead atoms. The number of carboxylic acid groups (broad SMARTS) is 1. The molecule has 1 saturated carbocycles.